The third-order valence-electron chi connectivity index (χ3n) is 2.98. The second-order valence-corrected chi connectivity index (χ2v) is 7.19. The van der Waals surface area contributed by atoms with Gasteiger partial charge in [0.25, 0.3) is 0 Å². The van der Waals surface area contributed by atoms with Crippen LogP contribution in [0.5, 0.6) is 0 Å². The number of thiophene rings is 1. The van der Waals surface area contributed by atoms with Crippen LogP contribution in [0.3, 0.4) is 0 Å². The Morgan fingerprint density at radius 3 is 2.63 bits per heavy atom. The zero-order valence-corrected chi connectivity index (χ0v) is 13.5. The lowest BCUT2D eigenvalue weighted by atomic mass is 10.1. The fourth-order valence-corrected chi connectivity index (χ4v) is 4.68. The Labute approximate surface area is 120 Å². The Balaban J connectivity index is 2.84. The van der Waals surface area contributed by atoms with E-state index < -0.39 is 10.0 Å². The Bertz CT molecular complexity index is 469. The third kappa shape index (κ3) is 4.87. The van der Waals surface area contributed by atoms with Gasteiger partial charge in [0.2, 0.25) is 10.0 Å². The predicted molar refractivity (Wildman–Crippen MR) is 81.0 cm³/mol. The largest absolute Gasteiger partial charge is 0.312 e. The van der Waals surface area contributed by atoms with Gasteiger partial charge in [0.05, 0.1) is 4.90 Å². The summed E-state index contributed by atoms with van der Waals surface area (Å²) < 4.78 is 27.6. The molecular formula is C13H24N2O2S2. The number of nitrogens with one attached hydrogen (secondary N) is 2. The molecule has 0 amide bonds. The Hall–Kier alpha value is -0.430. The van der Waals surface area contributed by atoms with E-state index in [1.165, 1.54) is 11.3 Å². The van der Waals surface area contributed by atoms with Crippen LogP contribution in [0.15, 0.2) is 16.3 Å². The van der Waals surface area contributed by atoms with E-state index in [0.29, 0.717) is 11.4 Å². The van der Waals surface area contributed by atoms with Crippen molar-refractivity contribution in [3.8, 4) is 0 Å². The molecule has 110 valence electrons. The quantitative estimate of drug-likeness (QED) is 0.737. The first kappa shape index (κ1) is 16.6. The van der Waals surface area contributed by atoms with E-state index in [0.717, 1.165) is 30.7 Å². The van der Waals surface area contributed by atoms with Gasteiger partial charge in [0.15, 0.2) is 0 Å². The zero-order chi connectivity index (χ0) is 14.3. The van der Waals surface area contributed by atoms with Crippen molar-refractivity contribution in [2.75, 3.05) is 6.54 Å². The van der Waals surface area contributed by atoms with E-state index in [1.54, 1.807) is 6.07 Å². The highest BCUT2D eigenvalue weighted by Gasteiger charge is 2.22. The average molecular weight is 304 g/mol. The fourth-order valence-electron chi connectivity index (χ4n) is 1.91. The summed E-state index contributed by atoms with van der Waals surface area (Å²) in [5, 5.41) is 5.01. The molecule has 1 aromatic rings. The minimum Gasteiger partial charge on any atom is -0.312 e. The van der Waals surface area contributed by atoms with Crippen molar-refractivity contribution in [1.82, 2.24) is 10.0 Å². The smallest absolute Gasteiger partial charge is 0.241 e. The molecule has 0 aliphatic heterocycles. The molecule has 4 nitrogen and oxygen atoms in total. The number of hydrogen-bond acceptors (Lipinski definition) is 4. The molecule has 0 spiro atoms. The van der Waals surface area contributed by atoms with Gasteiger partial charge in [-0.2, -0.15) is 0 Å². The van der Waals surface area contributed by atoms with Crippen LogP contribution in [0.4, 0.5) is 0 Å². The van der Waals surface area contributed by atoms with E-state index in [4.69, 9.17) is 0 Å². The van der Waals surface area contributed by atoms with Crippen molar-refractivity contribution in [1.29, 1.82) is 0 Å². The monoisotopic (exact) mass is 304 g/mol. The summed E-state index contributed by atoms with van der Waals surface area (Å²) in [7, 11) is -3.39. The molecule has 0 aliphatic rings. The molecule has 0 saturated heterocycles. The van der Waals surface area contributed by atoms with E-state index in [1.807, 2.05) is 19.2 Å². The van der Waals surface area contributed by atoms with Crippen molar-refractivity contribution in [2.45, 2.75) is 57.5 Å². The van der Waals surface area contributed by atoms with Crippen LogP contribution in [0.1, 0.15) is 44.9 Å². The summed E-state index contributed by atoms with van der Waals surface area (Å²) in [5.74, 6) is 0. The highest BCUT2D eigenvalue weighted by Crippen LogP contribution is 2.22. The highest BCUT2D eigenvalue weighted by atomic mass is 32.2. The first-order valence-corrected chi connectivity index (χ1v) is 9.20. The van der Waals surface area contributed by atoms with E-state index in [9.17, 15) is 8.42 Å². The van der Waals surface area contributed by atoms with Crippen molar-refractivity contribution in [3.05, 3.63) is 16.3 Å². The zero-order valence-electron chi connectivity index (χ0n) is 11.9. The van der Waals surface area contributed by atoms with Gasteiger partial charge in [-0.15, -0.1) is 11.3 Å². The fraction of sp³-hybridized carbons (Fsp3) is 0.692. The molecule has 1 aromatic heterocycles. The first-order valence-electron chi connectivity index (χ1n) is 6.84. The van der Waals surface area contributed by atoms with Gasteiger partial charge in [0.1, 0.15) is 0 Å². The Morgan fingerprint density at radius 2 is 2.05 bits per heavy atom. The van der Waals surface area contributed by atoms with Crippen LogP contribution in [-0.4, -0.2) is 21.0 Å². The van der Waals surface area contributed by atoms with Gasteiger partial charge < -0.3 is 5.32 Å². The molecular weight excluding hydrogens is 280 g/mol. The van der Waals surface area contributed by atoms with Crippen LogP contribution in [0.2, 0.25) is 0 Å². The molecule has 1 atom stereocenters. The second-order valence-electron chi connectivity index (χ2n) is 4.50. The standard InChI is InChI=1S/C13H24N2O2S2/c1-4-7-11(5-2)15-19(16,17)13-8-9-18-12(13)10-14-6-3/h8-9,11,14-15H,4-7,10H2,1-3H3. The highest BCUT2D eigenvalue weighted by molar-refractivity contribution is 7.89. The predicted octanol–water partition coefficient (Wildman–Crippen LogP) is 2.71. The van der Waals surface area contributed by atoms with Crippen molar-refractivity contribution in [2.24, 2.45) is 0 Å². The maximum Gasteiger partial charge on any atom is 0.241 e. The van der Waals surface area contributed by atoms with E-state index in [-0.39, 0.29) is 6.04 Å². The Kier molecular flexibility index (Phi) is 6.99. The summed E-state index contributed by atoms with van der Waals surface area (Å²) in [6, 6.07) is 1.72. The van der Waals surface area contributed by atoms with Crippen LogP contribution >= 0.6 is 11.3 Å². The van der Waals surface area contributed by atoms with E-state index >= 15 is 0 Å². The lowest BCUT2D eigenvalue weighted by Crippen LogP contribution is -2.34. The van der Waals surface area contributed by atoms with Crippen molar-refractivity contribution >= 4 is 21.4 Å². The Morgan fingerprint density at radius 1 is 1.32 bits per heavy atom. The van der Waals surface area contributed by atoms with Gasteiger partial charge in [-0.05, 0) is 30.8 Å². The third-order valence-corrected chi connectivity index (χ3v) is 5.64. The van der Waals surface area contributed by atoms with E-state index in [2.05, 4.69) is 17.0 Å². The van der Waals surface area contributed by atoms with Crippen LogP contribution < -0.4 is 10.0 Å². The molecule has 0 aromatic carbocycles. The van der Waals surface area contributed by atoms with Gasteiger partial charge >= 0.3 is 0 Å². The maximum absolute atomic E-state index is 12.4. The van der Waals surface area contributed by atoms with Gasteiger partial charge in [-0.3, -0.25) is 0 Å². The van der Waals surface area contributed by atoms with Crippen LogP contribution in [0.25, 0.3) is 0 Å². The first-order chi connectivity index (χ1) is 9.05. The lowest BCUT2D eigenvalue weighted by Gasteiger charge is -2.16. The van der Waals surface area contributed by atoms with Crippen LogP contribution in [0, 0.1) is 0 Å². The lowest BCUT2D eigenvalue weighted by molar-refractivity contribution is 0.512. The molecule has 6 heteroatoms. The summed E-state index contributed by atoms with van der Waals surface area (Å²) >= 11 is 1.48. The number of rotatable bonds is 9. The summed E-state index contributed by atoms with van der Waals surface area (Å²) in [4.78, 5) is 1.30. The molecule has 0 radical (unpaired) electrons. The van der Waals surface area contributed by atoms with Crippen molar-refractivity contribution in [3.63, 3.8) is 0 Å². The molecule has 2 N–H and O–H groups in total. The maximum atomic E-state index is 12.4. The van der Waals surface area contributed by atoms with Crippen LogP contribution in [-0.2, 0) is 16.6 Å². The minimum atomic E-state index is -3.39. The molecule has 0 bridgehead atoms. The minimum absolute atomic E-state index is 0.0295. The second kappa shape index (κ2) is 7.99. The molecule has 0 aliphatic carbocycles. The molecule has 0 fully saturated rings. The van der Waals surface area contributed by atoms with Gasteiger partial charge in [0, 0.05) is 17.5 Å². The summed E-state index contributed by atoms with van der Waals surface area (Å²) in [6.07, 6.45) is 2.68. The topological polar surface area (TPSA) is 58.2 Å². The number of hydrogen-bond donors (Lipinski definition) is 2. The van der Waals surface area contributed by atoms with Gasteiger partial charge in [-0.1, -0.05) is 27.2 Å². The summed E-state index contributed by atoms with van der Waals surface area (Å²) in [6.45, 7) is 7.52. The SMILES string of the molecule is CCCC(CC)NS(=O)(=O)c1ccsc1CNCC. The molecule has 1 rings (SSSR count). The molecule has 1 unspecified atom stereocenters. The number of sulfonamides is 1. The normalized spacial score (nSPS) is 13.6. The average Bonchev–Trinajstić information content (AvgIpc) is 2.84. The molecule has 0 saturated carbocycles. The molecule has 1 heterocycles. The molecule has 19 heavy (non-hydrogen) atoms. The van der Waals surface area contributed by atoms with Crippen molar-refractivity contribution < 1.29 is 8.42 Å². The van der Waals surface area contributed by atoms with Gasteiger partial charge in [-0.25, -0.2) is 13.1 Å². The summed E-state index contributed by atoms with van der Waals surface area (Å²) in [5.41, 5.74) is 0.